The van der Waals surface area contributed by atoms with Crippen molar-refractivity contribution in [1.29, 1.82) is 0 Å². The molecule has 1 N–H and O–H groups in total. The number of likely N-dealkylation sites (N-methyl/N-ethyl adjacent to an activating group) is 1. The average Bonchev–Trinajstić information content (AvgIpc) is 2.33. The van der Waals surface area contributed by atoms with E-state index in [1.807, 2.05) is 14.1 Å². The van der Waals surface area contributed by atoms with Crippen LogP contribution in [0.5, 0.6) is 0 Å². The van der Waals surface area contributed by atoms with Crippen molar-refractivity contribution >= 4 is 21.6 Å². The Labute approximate surface area is 115 Å². The number of aromatic nitrogens is 2. The normalized spacial score (nSPS) is 10.9. The molecule has 6 nitrogen and oxygen atoms in total. The molecule has 1 aromatic rings. The van der Waals surface area contributed by atoms with E-state index in [9.17, 15) is 4.79 Å². The number of rotatable bonds is 7. The van der Waals surface area contributed by atoms with Gasteiger partial charge in [-0.05, 0) is 30.0 Å². The van der Waals surface area contributed by atoms with E-state index < -0.39 is 0 Å². The Morgan fingerprint density at radius 2 is 2.22 bits per heavy atom. The molecule has 18 heavy (non-hydrogen) atoms. The first-order valence-corrected chi connectivity index (χ1v) is 6.50. The predicted molar refractivity (Wildman–Crippen MR) is 75.0 cm³/mol. The highest BCUT2D eigenvalue weighted by Gasteiger charge is 2.05. The summed E-state index contributed by atoms with van der Waals surface area (Å²) in [6.45, 7) is 2.83. The topological polar surface area (TPSA) is 59.4 Å². The fourth-order valence-corrected chi connectivity index (χ4v) is 1.74. The number of hydrogen-bond acceptors (Lipinski definition) is 5. The van der Waals surface area contributed by atoms with Crippen LogP contribution in [0.15, 0.2) is 15.5 Å². The van der Waals surface area contributed by atoms with Crippen molar-refractivity contribution in [3.63, 3.8) is 0 Å². The molecule has 1 rings (SSSR count). The summed E-state index contributed by atoms with van der Waals surface area (Å²) in [6.07, 6.45) is 1.62. The number of nitrogens with one attached hydrogen (secondary N) is 1. The lowest BCUT2D eigenvalue weighted by Crippen LogP contribution is -2.23. The molecule has 1 heterocycles. The van der Waals surface area contributed by atoms with Crippen LogP contribution in [-0.2, 0) is 11.8 Å². The average molecular weight is 319 g/mol. The molecular formula is C11H19BrN4O2. The third kappa shape index (κ3) is 4.75. The van der Waals surface area contributed by atoms with Gasteiger partial charge >= 0.3 is 0 Å². The second kappa shape index (κ2) is 7.50. The highest BCUT2D eigenvalue weighted by molar-refractivity contribution is 9.10. The van der Waals surface area contributed by atoms with Crippen molar-refractivity contribution in [1.82, 2.24) is 14.7 Å². The monoisotopic (exact) mass is 318 g/mol. The van der Waals surface area contributed by atoms with E-state index in [0.29, 0.717) is 29.9 Å². The molecule has 0 spiro atoms. The Morgan fingerprint density at radius 1 is 1.50 bits per heavy atom. The summed E-state index contributed by atoms with van der Waals surface area (Å²) in [6, 6.07) is 0. The molecule has 1 aromatic heterocycles. The summed E-state index contributed by atoms with van der Waals surface area (Å²) >= 11 is 3.25. The zero-order valence-corrected chi connectivity index (χ0v) is 12.5. The molecular weight excluding hydrogens is 300 g/mol. The summed E-state index contributed by atoms with van der Waals surface area (Å²) in [5.74, 6) is 0. The van der Waals surface area contributed by atoms with E-state index in [0.717, 1.165) is 6.54 Å². The number of hydrogen-bond donors (Lipinski definition) is 1. The molecule has 0 bridgehead atoms. The van der Waals surface area contributed by atoms with Crippen molar-refractivity contribution in [2.24, 2.45) is 7.05 Å². The zero-order valence-electron chi connectivity index (χ0n) is 10.9. The van der Waals surface area contributed by atoms with Gasteiger partial charge in [0.1, 0.15) is 4.47 Å². The Hall–Kier alpha value is -0.920. The SMILES string of the molecule is CN(C)CCOCCNc1cnn(C)c(=O)c1Br. The van der Waals surface area contributed by atoms with Gasteiger partial charge in [-0.2, -0.15) is 5.10 Å². The van der Waals surface area contributed by atoms with E-state index in [4.69, 9.17) is 4.74 Å². The molecule has 0 saturated heterocycles. The minimum Gasteiger partial charge on any atom is -0.380 e. The van der Waals surface area contributed by atoms with Gasteiger partial charge in [0.15, 0.2) is 0 Å². The first-order valence-electron chi connectivity index (χ1n) is 5.70. The van der Waals surface area contributed by atoms with Gasteiger partial charge in [-0.3, -0.25) is 4.79 Å². The van der Waals surface area contributed by atoms with Crippen LogP contribution in [0.2, 0.25) is 0 Å². The second-order valence-corrected chi connectivity index (χ2v) is 4.94. The summed E-state index contributed by atoms with van der Waals surface area (Å²) in [5, 5.41) is 7.05. The van der Waals surface area contributed by atoms with Crippen LogP contribution in [0.4, 0.5) is 5.69 Å². The van der Waals surface area contributed by atoms with E-state index >= 15 is 0 Å². The van der Waals surface area contributed by atoms with Gasteiger partial charge in [-0.1, -0.05) is 0 Å². The number of ether oxygens (including phenoxy) is 1. The fraction of sp³-hybridized carbons (Fsp3) is 0.636. The van der Waals surface area contributed by atoms with Crippen molar-refractivity contribution in [3.05, 3.63) is 21.0 Å². The molecule has 0 aliphatic rings. The van der Waals surface area contributed by atoms with Crippen molar-refractivity contribution in [2.45, 2.75) is 0 Å². The lowest BCUT2D eigenvalue weighted by atomic mass is 10.4. The molecule has 0 aromatic carbocycles. The zero-order chi connectivity index (χ0) is 13.5. The Morgan fingerprint density at radius 3 is 2.89 bits per heavy atom. The molecule has 0 unspecified atom stereocenters. The van der Waals surface area contributed by atoms with Gasteiger partial charge in [0, 0.05) is 20.1 Å². The maximum atomic E-state index is 11.6. The fourth-order valence-electron chi connectivity index (χ4n) is 1.24. The summed E-state index contributed by atoms with van der Waals surface area (Å²) < 4.78 is 7.21. The van der Waals surface area contributed by atoms with Crippen LogP contribution in [0.3, 0.4) is 0 Å². The molecule has 0 aliphatic carbocycles. The largest absolute Gasteiger partial charge is 0.380 e. The molecule has 0 aliphatic heterocycles. The first kappa shape index (κ1) is 15.1. The van der Waals surface area contributed by atoms with Gasteiger partial charge in [-0.15, -0.1) is 0 Å². The Balaban J connectivity index is 2.32. The van der Waals surface area contributed by atoms with E-state index in [1.165, 1.54) is 4.68 Å². The molecule has 0 atom stereocenters. The number of nitrogens with zero attached hydrogens (tertiary/aromatic N) is 3. The van der Waals surface area contributed by atoms with Crippen molar-refractivity contribution < 1.29 is 4.74 Å². The molecule has 7 heteroatoms. The van der Waals surface area contributed by atoms with Gasteiger partial charge in [0.2, 0.25) is 0 Å². The van der Waals surface area contributed by atoms with Gasteiger partial charge in [0.05, 0.1) is 25.1 Å². The predicted octanol–water partition coefficient (Wildman–Crippen LogP) is 0.533. The summed E-state index contributed by atoms with van der Waals surface area (Å²) in [7, 11) is 5.62. The molecule has 0 saturated carbocycles. The van der Waals surface area contributed by atoms with Crippen LogP contribution in [0.1, 0.15) is 0 Å². The maximum Gasteiger partial charge on any atom is 0.282 e. The van der Waals surface area contributed by atoms with E-state index in [1.54, 1.807) is 13.2 Å². The molecule has 102 valence electrons. The minimum absolute atomic E-state index is 0.159. The second-order valence-electron chi connectivity index (χ2n) is 4.14. The van der Waals surface area contributed by atoms with Gasteiger partial charge in [0.25, 0.3) is 5.56 Å². The minimum atomic E-state index is -0.159. The highest BCUT2D eigenvalue weighted by Crippen LogP contribution is 2.15. The summed E-state index contributed by atoms with van der Waals surface area (Å²) in [4.78, 5) is 13.6. The van der Waals surface area contributed by atoms with Crippen molar-refractivity contribution in [2.75, 3.05) is 45.7 Å². The quantitative estimate of drug-likeness (QED) is 0.743. The van der Waals surface area contributed by atoms with Crippen LogP contribution >= 0.6 is 15.9 Å². The first-order chi connectivity index (χ1) is 8.52. The lowest BCUT2D eigenvalue weighted by Gasteiger charge is -2.11. The third-order valence-electron chi connectivity index (χ3n) is 2.32. The Kier molecular flexibility index (Phi) is 6.31. The highest BCUT2D eigenvalue weighted by atomic mass is 79.9. The lowest BCUT2D eigenvalue weighted by molar-refractivity contribution is 0.126. The molecule has 0 radical (unpaired) electrons. The van der Waals surface area contributed by atoms with Crippen LogP contribution in [0, 0.1) is 0 Å². The standard InChI is InChI=1S/C11H19BrN4O2/c1-15(2)5-7-18-6-4-13-9-8-14-16(3)11(17)10(9)12/h8,13H,4-7H2,1-3H3. The van der Waals surface area contributed by atoms with Crippen LogP contribution < -0.4 is 10.9 Å². The Bertz CT molecular complexity index is 434. The van der Waals surface area contributed by atoms with Crippen LogP contribution in [-0.4, -0.2) is 55.1 Å². The molecule has 0 amide bonds. The smallest absolute Gasteiger partial charge is 0.282 e. The van der Waals surface area contributed by atoms with E-state index in [2.05, 4.69) is 31.2 Å². The third-order valence-corrected chi connectivity index (χ3v) is 3.09. The number of aryl methyl sites for hydroxylation is 1. The van der Waals surface area contributed by atoms with Crippen molar-refractivity contribution in [3.8, 4) is 0 Å². The van der Waals surface area contributed by atoms with Crippen LogP contribution in [0.25, 0.3) is 0 Å². The van der Waals surface area contributed by atoms with Gasteiger partial charge in [-0.25, -0.2) is 4.68 Å². The number of halogens is 1. The maximum absolute atomic E-state index is 11.6. The van der Waals surface area contributed by atoms with E-state index in [-0.39, 0.29) is 5.56 Å². The molecule has 0 fully saturated rings. The van der Waals surface area contributed by atoms with Gasteiger partial charge < -0.3 is 15.0 Å². The summed E-state index contributed by atoms with van der Waals surface area (Å²) in [5.41, 5.74) is 0.530. The number of anilines is 1.